The number of rotatable bonds is 6. The third-order valence-corrected chi connectivity index (χ3v) is 2.68. The van der Waals surface area contributed by atoms with Gasteiger partial charge in [0.1, 0.15) is 0 Å². The van der Waals surface area contributed by atoms with Crippen LogP contribution in [0.5, 0.6) is 5.88 Å². The molecule has 0 radical (unpaired) electrons. The molecule has 6 nitrogen and oxygen atoms in total. The molecule has 0 bridgehead atoms. The van der Waals surface area contributed by atoms with E-state index in [2.05, 4.69) is 15.6 Å². The minimum atomic E-state index is -0.185. The highest BCUT2D eigenvalue weighted by Gasteiger charge is 2.29. The number of pyridine rings is 1. The molecular weight excluding hydrogens is 246 g/mol. The van der Waals surface area contributed by atoms with Crippen molar-refractivity contribution in [2.24, 2.45) is 5.92 Å². The van der Waals surface area contributed by atoms with Crippen molar-refractivity contribution >= 4 is 17.5 Å². The van der Waals surface area contributed by atoms with Crippen molar-refractivity contribution in [2.45, 2.75) is 19.8 Å². The van der Waals surface area contributed by atoms with Crippen LogP contribution < -0.4 is 15.4 Å². The fourth-order valence-corrected chi connectivity index (χ4v) is 1.52. The molecule has 1 heterocycles. The van der Waals surface area contributed by atoms with E-state index in [1.807, 2.05) is 6.92 Å². The lowest BCUT2D eigenvalue weighted by Crippen LogP contribution is -2.28. The number of ether oxygens (including phenoxy) is 1. The van der Waals surface area contributed by atoms with Gasteiger partial charge in [0.25, 0.3) is 5.91 Å². The summed E-state index contributed by atoms with van der Waals surface area (Å²) in [7, 11) is 0. The molecular formula is C13H17N3O3. The Balaban J connectivity index is 1.80. The first-order valence-electron chi connectivity index (χ1n) is 6.35. The lowest BCUT2D eigenvalue weighted by Gasteiger charge is -2.07. The summed E-state index contributed by atoms with van der Waals surface area (Å²) < 4.78 is 5.20. The number of amides is 2. The summed E-state index contributed by atoms with van der Waals surface area (Å²) in [5, 5.41) is 5.40. The second kappa shape index (κ2) is 6.17. The van der Waals surface area contributed by atoms with E-state index in [0.717, 1.165) is 12.8 Å². The Bertz CT molecular complexity index is 455. The maximum absolute atomic E-state index is 11.5. The Morgan fingerprint density at radius 2 is 2.21 bits per heavy atom. The van der Waals surface area contributed by atoms with Crippen LogP contribution in [0.25, 0.3) is 0 Å². The fraction of sp³-hybridized carbons (Fsp3) is 0.462. The molecule has 0 aliphatic heterocycles. The van der Waals surface area contributed by atoms with Crippen molar-refractivity contribution in [3.05, 3.63) is 18.3 Å². The summed E-state index contributed by atoms with van der Waals surface area (Å²) >= 11 is 0. The Morgan fingerprint density at radius 1 is 1.42 bits per heavy atom. The molecule has 102 valence electrons. The van der Waals surface area contributed by atoms with Crippen molar-refractivity contribution in [1.82, 2.24) is 10.3 Å². The largest absolute Gasteiger partial charge is 0.468 e. The first kappa shape index (κ1) is 13.3. The van der Waals surface area contributed by atoms with Gasteiger partial charge in [0.15, 0.2) is 6.61 Å². The van der Waals surface area contributed by atoms with E-state index in [4.69, 9.17) is 4.74 Å². The summed E-state index contributed by atoms with van der Waals surface area (Å²) in [6, 6.07) is 3.34. The first-order chi connectivity index (χ1) is 9.19. The van der Waals surface area contributed by atoms with E-state index >= 15 is 0 Å². The Hall–Kier alpha value is -2.11. The maximum atomic E-state index is 11.5. The van der Waals surface area contributed by atoms with E-state index in [1.54, 1.807) is 12.1 Å². The molecule has 1 saturated carbocycles. The van der Waals surface area contributed by atoms with Crippen molar-refractivity contribution in [2.75, 3.05) is 18.5 Å². The number of likely N-dealkylation sites (N-methyl/N-ethyl adjacent to an activating group) is 1. The van der Waals surface area contributed by atoms with E-state index in [-0.39, 0.29) is 24.3 Å². The maximum Gasteiger partial charge on any atom is 0.257 e. The third-order valence-electron chi connectivity index (χ3n) is 2.68. The first-order valence-corrected chi connectivity index (χ1v) is 6.35. The Labute approximate surface area is 111 Å². The number of hydrogen-bond donors (Lipinski definition) is 2. The van der Waals surface area contributed by atoms with Gasteiger partial charge in [-0.1, -0.05) is 0 Å². The predicted molar refractivity (Wildman–Crippen MR) is 69.8 cm³/mol. The van der Waals surface area contributed by atoms with Gasteiger partial charge in [-0.3, -0.25) is 9.59 Å². The van der Waals surface area contributed by atoms with Crippen LogP contribution in [0.15, 0.2) is 18.3 Å². The highest BCUT2D eigenvalue weighted by Crippen LogP contribution is 2.30. The minimum Gasteiger partial charge on any atom is -0.468 e. The molecule has 1 aliphatic rings. The van der Waals surface area contributed by atoms with Gasteiger partial charge < -0.3 is 15.4 Å². The molecule has 0 saturated heterocycles. The zero-order chi connectivity index (χ0) is 13.7. The monoisotopic (exact) mass is 263 g/mol. The van der Waals surface area contributed by atoms with Crippen LogP contribution in [0.2, 0.25) is 0 Å². The molecule has 2 rings (SSSR count). The number of anilines is 1. The molecule has 0 unspecified atom stereocenters. The highest BCUT2D eigenvalue weighted by atomic mass is 16.5. The predicted octanol–water partition coefficient (Wildman–Crippen LogP) is 0.945. The molecule has 0 aromatic carbocycles. The van der Waals surface area contributed by atoms with Crippen molar-refractivity contribution in [1.29, 1.82) is 0 Å². The number of hydrogen-bond acceptors (Lipinski definition) is 4. The van der Waals surface area contributed by atoms with E-state index in [9.17, 15) is 9.59 Å². The number of carbonyl (C=O) groups excluding carboxylic acids is 2. The second-order valence-corrected chi connectivity index (χ2v) is 4.39. The summed E-state index contributed by atoms with van der Waals surface area (Å²) in [5.41, 5.74) is 0.641. The van der Waals surface area contributed by atoms with Crippen LogP contribution in [0.1, 0.15) is 19.8 Å². The number of carbonyl (C=O) groups is 2. The second-order valence-electron chi connectivity index (χ2n) is 4.39. The molecule has 0 spiro atoms. The van der Waals surface area contributed by atoms with Gasteiger partial charge in [0.05, 0.1) is 11.9 Å². The molecule has 19 heavy (non-hydrogen) atoms. The van der Waals surface area contributed by atoms with Gasteiger partial charge in [0.2, 0.25) is 11.8 Å². The molecule has 1 aliphatic carbocycles. The van der Waals surface area contributed by atoms with Crippen molar-refractivity contribution in [3.8, 4) is 5.88 Å². The summed E-state index contributed by atoms with van der Waals surface area (Å²) in [5.74, 6) is 0.373. The van der Waals surface area contributed by atoms with Crippen LogP contribution in [-0.2, 0) is 9.59 Å². The summed E-state index contributed by atoms with van der Waals surface area (Å²) in [4.78, 5) is 26.7. The van der Waals surface area contributed by atoms with Gasteiger partial charge >= 0.3 is 0 Å². The quantitative estimate of drug-likeness (QED) is 0.800. The molecule has 0 atom stereocenters. The molecule has 1 fully saturated rings. The summed E-state index contributed by atoms with van der Waals surface area (Å²) in [6.45, 7) is 2.35. The van der Waals surface area contributed by atoms with Crippen LogP contribution in [0.3, 0.4) is 0 Å². The normalized spacial score (nSPS) is 13.7. The number of aromatic nitrogens is 1. The average molecular weight is 263 g/mol. The van der Waals surface area contributed by atoms with Crippen LogP contribution >= 0.6 is 0 Å². The lowest BCUT2D eigenvalue weighted by atomic mass is 10.3. The van der Waals surface area contributed by atoms with Crippen molar-refractivity contribution < 1.29 is 14.3 Å². The molecule has 6 heteroatoms. The lowest BCUT2D eigenvalue weighted by molar-refractivity contribution is -0.123. The van der Waals surface area contributed by atoms with Gasteiger partial charge in [-0.25, -0.2) is 4.98 Å². The zero-order valence-electron chi connectivity index (χ0n) is 10.8. The Morgan fingerprint density at radius 3 is 2.79 bits per heavy atom. The SMILES string of the molecule is CCNC(=O)COc1ccc(NC(=O)C2CC2)cn1. The summed E-state index contributed by atoms with van der Waals surface area (Å²) in [6.07, 6.45) is 3.45. The Kier molecular flexibility index (Phi) is 4.33. The highest BCUT2D eigenvalue weighted by molar-refractivity contribution is 5.93. The van der Waals surface area contributed by atoms with E-state index in [0.29, 0.717) is 18.1 Å². The van der Waals surface area contributed by atoms with Crippen LogP contribution in [0, 0.1) is 5.92 Å². The molecule has 2 amide bonds. The standard InChI is InChI=1S/C13H17N3O3/c1-2-14-11(17)8-19-12-6-5-10(7-15-12)16-13(18)9-3-4-9/h5-7,9H,2-4,8H2,1H3,(H,14,17)(H,16,18). The van der Waals surface area contributed by atoms with Gasteiger partial charge in [-0.15, -0.1) is 0 Å². The minimum absolute atomic E-state index is 0.0396. The number of nitrogens with zero attached hydrogens (tertiary/aromatic N) is 1. The smallest absolute Gasteiger partial charge is 0.257 e. The molecule has 2 N–H and O–H groups in total. The average Bonchev–Trinajstić information content (AvgIpc) is 3.22. The third kappa shape index (κ3) is 4.24. The van der Waals surface area contributed by atoms with Crippen LogP contribution in [-0.4, -0.2) is 29.9 Å². The molecule has 1 aromatic rings. The van der Waals surface area contributed by atoms with E-state index < -0.39 is 0 Å². The number of nitrogens with one attached hydrogen (secondary N) is 2. The van der Waals surface area contributed by atoms with Crippen LogP contribution in [0.4, 0.5) is 5.69 Å². The zero-order valence-corrected chi connectivity index (χ0v) is 10.8. The molecule has 1 aromatic heterocycles. The fourth-order valence-electron chi connectivity index (χ4n) is 1.52. The van der Waals surface area contributed by atoms with E-state index in [1.165, 1.54) is 6.20 Å². The van der Waals surface area contributed by atoms with Gasteiger partial charge in [0, 0.05) is 18.5 Å². The van der Waals surface area contributed by atoms with Crippen molar-refractivity contribution in [3.63, 3.8) is 0 Å². The topological polar surface area (TPSA) is 80.3 Å². The van der Waals surface area contributed by atoms with Gasteiger partial charge in [-0.2, -0.15) is 0 Å². The van der Waals surface area contributed by atoms with Gasteiger partial charge in [-0.05, 0) is 25.8 Å².